The summed E-state index contributed by atoms with van der Waals surface area (Å²) >= 11 is 1.45. The van der Waals surface area contributed by atoms with Crippen LogP contribution in [0.5, 0.6) is 0 Å². The summed E-state index contributed by atoms with van der Waals surface area (Å²) in [6.07, 6.45) is 2.35. The van der Waals surface area contributed by atoms with Gasteiger partial charge in [0.1, 0.15) is 0 Å². The summed E-state index contributed by atoms with van der Waals surface area (Å²) in [6, 6.07) is 2.65. The van der Waals surface area contributed by atoms with Crippen molar-refractivity contribution in [3.63, 3.8) is 0 Å². The third-order valence-electron chi connectivity index (χ3n) is 2.60. The summed E-state index contributed by atoms with van der Waals surface area (Å²) in [7, 11) is -4.14. The van der Waals surface area contributed by atoms with E-state index >= 15 is 0 Å². The van der Waals surface area contributed by atoms with Crippen LogP contribution >= 0.6 is 11.8 Å². The quantitative estimate of drug-likeness (QED) is 0.614. The van der Waals surface area contributed by atoms with Gasteiger partial charge in [-0.15, -0.1) is 0 Å². The molecule has 1 aromatic rings. The van der Waals surface area contributed by atoms with E-state index in [2.05, 4.69) is 4.72 Å². The van der Waals surface area contributed by atoms with Crippen molar-refractivity contribution in [2.45, 2.75) is 24.3 Å². The average molecular weight is 322 g/mol. The van der Waals surface area contributed by atoms with Crippen LogP contribution in [0, 0.1) is 15.9 Å². The Morgan fingerprint density at radius 1 is 1.50 bits per heavy atom. The van der Waals surface area contributed by atoms with Gasteiger partial charge < -0.3 is 0 Å². The van der Waals surface area contributed by atoms with Crippen LogP contribution in [0.4, 0.5) is 10.1 Å². The Morgan fingerprint density at radius 2 is 2.15 bits per heavy atom. The average Bonchev–Trinajstić information content (AvgIpc) is 2.37. The van der Waals surface area contributed by atoms with Crippen molar-refractivity contribution in [1.29, 1.82) is 0 Å². The number of nitro benzene ring substituents is 1. The van der Waals surface area contributed by atoms with Crippen molar-refractivity contribution >= 4 is 27.5 Å². The maximum atomic E-state index is 13.5. The Kier molecular flexibility index (Phi) is 5.90. The minimum atomic E-state index is -4.14. The van der Waals surface area contributed by atoms with Gasteiger partial charge in [-0.2, -0.15) is 16.2 Å². The molecule has 0 saturated carbocycles. The minimum Gasteiger partial charge on any atom is -0.258 e. The third kappa shape index (κ3) is 3.90. The summed E-state index contributed by atoms with van der Waals surface area (Å²) in [5.41, 5.74) is -1.03. The number of sulfonamides is 1. The molecule has 0 spiro atoms. The smallest absolute Gasteiger partial charge is 0.258 e. The van der Waals surface area contributed by atoms with E-state index in [-0.39, 0.29) is 6.04 Å². The van der Waals surface area contributed by atoms with Gasteiger partial charge in [-0.1, -0.05) is 13.0 Å². The fraction of sp³-hybridized carbons (Fsp3) is 0.455. The molecule has 0 radical (unpaired) electrons. The van der Waals surface area contributed by atoms with Crippen LogP contribution < -0.4 is 4.72 Å². The standard InChI is InChI=1S/C11H15FN2O4S2/c1-3-8(7-19-2)13-20(17,18)10-6-4-5-9(12)11(10)14(15)16/h4-6,8,13H,3,7H2,1-2H3. The van der Waals surface area contributed by atoms with E-state index in [1.807, 2.05) is 6.26 Å². The van der Waals surface area contributed by atoms with Gasteiger partial charge in [-0.3, -0.25) is 10.1 Å². The number of benzene rings is 1. The van der Waals surface area contributed by atoms with Crippen LogP contribution in [0.25, 0.3) is 0 Å². The van der Waals surface area contributed by atoms with Crippen molar-refractivity contribution in [3.05, 3.63) is 34.1 Å². The molecule has 0 heterocycles. The molecule has 1 atom stereocenters. The van der Waals surface area contributed by atoms with E-state index < -0.39 is 31.3 Å². The maximum Gasteiger partial charge on any atom is 0.324 e. The zero-order valence-corrected chi connectivity index (χ0v) is 12.6. The number of thioether (sulfide) groups is 1. The van der Waals surface area contributed by atoms with Crippen LogP contribution in [-0.2, 0) is 10.0 Å². The summed E-state index contributed by atoms with van der Waals surface area (Å²) in [4.78, 5) is 9.16. The van der Waals surface area contributed by atoms with Crippen LogP contribution in [0.1, 0.15) is 13.3 Å². The highest BCUT2D eigenvalue weighted by Gasteiger charge is 2.30. The topological polar surface area (TPSA) is 89.3 Å². The summed E-state index contributed by atoms with van der Waals surface area (Å²) in [6.45, 7) is 1.80. The van der Waals surface area contributed by atoms with Gasteiger partial charge in [0.25, 0.3) is 0 Å². The molecule has 1 rings (SSSR count). The first-order chi connectivity index (χ1) is 9.33. The van der Waals surface area contributed by atoms with Crippen molar-refractivity contribution in [1.82, 2.24) is 4.72 Å². The molecule has 0 bridgehead atoms. The van der Waals surface area contributed by atoms with Gasteiger partial charge in [0.05, 0.1) is 4.92 Å². The lowest BCUT2D eigenvalue weighted by atomic mass is 10.3. The van der Waals surface area contributed by atoms with Gasteiger partial charge in [-0.25, -0.2) is 13.1 Å². The van der Waals surface area contributed by atoms with Gasteiger partial charge in [-0.05, 0) is 24.8 Å². The third-order valence-corrected chi connectivity index (χ3v) is 4.89. The first kappa shape index (κ1) is 16.9. The minimum absolute atomic E-state index is 0.363. The Balaban J connectivity index is 3.22. The lowest BCUT2D eigenvalue weighted by molar-refractivity contribution is -0.390. The number of hydrogen-bond acceptors (Lipinski definition) is 5. The molecule has 1 aromatic carbocycles. The molecular weight excluding hydrogens is 307 g/mol. The number of halogens is 1. The molecule has 0 aliphatic heterocycles. The van der Waals surface area contributed by atoms with E-state index in [9.17, 15) is 22.9 Å². The van der Waals surface area contributed by atoms with E-state index in [1.165, 1.54) is 11.8 Å². The lowest BCUT2D eigenvalue weighted by Crippen LogP contribution is -2.36. The van der Waals surface area contributed by atoms with E-state index in [0.29, 0.717) is 12.2 Å². The van der Waals surface area contributed by atoms with Gasteiger partial charge in [0.2, 0.25) is 15.8 Å². The monoisotopic (exact) mass is 322 g/mol. The summed E-state index contributed by atoms with van der Waals surface area (Å²) < 4.78 is 40.1. The zero-order chi connectivity index (χ0) is 15.3. The van der Waals surface area contributed by atoms with E-state index in [0.717, 1.165) is 18.2 Å². The molecule has 1 unspecified atom stereocenters. The number of para-hydroxylation sites is 1. The number of nitro groups is 1. The van der Waals surface area contributed by atoms with E-state index in [4.69, 9.17) is 0 Å². The van der Waals surface area contributed by atoms with Crippen molar-refractivity contribution in [2.24, 2.45) is 0 Å². The number of nitrogens with zero attached hydrogens (tertiary/aromatic N) is 1. The highest BCUT2D eigenvalue weighted by atomic mass is 32.2. The largest absolute Gasteiger partial charge is 0.324 e. The van der Waals surface area contributed by atoms with Crippen LogP contribution in [0.3, 0.4) is 0 Å². The highest BCUT2D eigenvalue weighted by molar-refractivity contribution is 7.98. The second-order valence-corrected chi connectivity index (χ2v) is 6.62. The molecule has 20 heavy (non-hydrogen) atoms. The molecule has 0 aliphatic carbocycles. The highest BCUT2D eigenvalue weighted by Crippen LogP contribution is 2.26. The van der Waals surface area contributed by atoms with Gasteiger partial charge >= 0.3 is 5.69 Å². The zero-order valence-electron chi connectivity index (χ0n) is 11.0. The number of hydrogen-bond donors (Lipinski definition) is 1. The Labute approximate surface area is 121 Å². The summed E-state index contributed by atoms with van der Waals surface area (Å²) in [5, 5.41) is 10.8. The molecule has 1 N–H and O–H groups in total. The van der Waals surface area contributed by atoms with Gasteiger partial charge in [0.15, 0.2) is 4.90 Å². The Morgan fingerprint density at radius 3 is 2.65 bits per heavy atom. The SMILES string of the molecule is CCC(CSC)NS(=O)(=O)c1cccc(F)c1[N+](=O)[O-]. The molecule has 0 saturated heterocycles. The van der Waals surface area contributed by atoms with Crippen molar-refractivity contribution < 1.29 is 17.7 Å². The number of rotatable bonds is 7. The molecule has 6 nitrogen and oxygen atoms in total. The first-order valence-corrected chi connectivity index (χ1v) is 8.65. The predicted molar refractivity (Wildman–Crippen MR) is 75.8 cm³/mol. The normalized spacial score (nSPS) is 13.2. The second kappa shape index (κ2) is 7.00. The fourth-order valence-corrected chi connectivity index (χ4v) is 3.94. The van der Waals surface area contributed by atoms with Gasteiger partial charge in [0, 0.05) is 11.8 Å². The Bertz CT molecular complexity index is 592. The molecule has 9 heteroatoms. The van der Waals surface area contributed by atoms with Crippen molar-refractivity contribution in [2.75, 3.05) is 12.0 Å². The van der Waals surface area contributed by atoms with Crippen LogP contribution in [0.2, 0.25) is 0 Å². The molecular formula is C11H15FN2O4S2. The predicted octanol–water partition coefficient (Wildman–Crippen LogP) is 2.15. The lowest BCUT2D eigenvalue weighted by Gasteiger charge is -2.15. The summed E-state index contributed by atoms with van der Waals surface area (Å²) in [5.74, 6) is -0.644. The van der Waals surface area contributed by atoms with Crippen molar-refractivity contribution in [3.8, 4) is 0 Å². The Hall–Kier alpha value is -1.19. The number of nitrogens with one attached hydrogen (secondary N) is 1. The second-order valence-electron chi connectivity index (χ2n) is 4.03. The molecule has 112 valence electrons. The first-order valence-electron chi connectivity index (χ1n) is 5.77. The van der Waals surface area contributed by atoms with E-state index in [1.54, 1.807) is 6.92 Å². The van der Waals surface area contributed by atoms with Crippen LogP contribution in [0.15, 0.2) is 23.1 Å². The maximum absolute atomic E-state index is 13.5. The molecule has 0 aromatic heterocycles. The molecule has 0 aliphatic rings. The van der Waals surface area contributed by atoms with Crippen LogP contribution in [-0.4, -0.2) is 31.4 Å². The molecule has 0 fully saturated rings. The fourth-order valence-electron chi connectivity index (χ4n) is 1.61. The molecule has 0 amide bonds.